The highest BCUT2D eigenvalue weighted by Gasteiger charge is 2.21. The van der Waals surface area contributed by atoms with Gasteiger partial charge in [0.15, 0.2) is 0 Å². The second-order valence-electron chi connectivity index (χ2n) is 5.16. The molecule has 2 nitrogen and oxygen atoms in total. The van der Waals surface area contributed by atoms with Gasteiger partial charge in [-0.15, -0.1) is 0 Å². The summed E-state index contributed by atoms with van der Waals surface area (Å²) in [6.45, 7) is 12.1. The maximum absolute atomic E-state index is 4.06. The van der Waals surface area contributed by atoms with Gasteiger partial charge >= 0.3 is 0 Å². The molecule has 0 spiro atoms. The van der Waals surface area contributed by atoms with Crippen LogP contribution in [0.3, 0.4) is 0 Å². The van der Waals surface area contributed by atoms with E-state index < -0.39 is 0 Å². The van der Waals surface area contributed by atoms with Crippen LogP contribution in [0.15, 0.2) is 36.6 Å². The molecule has 1 rings (SSSR count). The third-order valence-corrected chi connectivity index (χ3v) is 3.54. The van der Waals surface area contributed by atoms with E-state index in [1.165, 1.54) is 19.3 Å². The Morgan fingerprint density at radius 1 is 1.18 bits per heavy atom. The van der Waals surface area contributed by atoms with Crippen LogP contribution in [-0.2, 0) is 0 Å². The molecule has 1 fully saturated rings. The van der Waals surface area contributed by atoms with Gasteiger partial charge in [0.05, 0.1) is 0 Å². The Kier molecular flexibility index (Phi) is 5.49. The number of rotatable bonds is 7. The summed E-state index contributed by atoms with van der Waals surface area (Å²) >= 11 is 0. The molecule has 0 radical (unpaired) electrons. The van der Waals surface area contributed by atoms with Gasteiger partial charge in [0, 0.05) is 31.9 Å². The standard InChI is InChI=1S/C15H26N2/c1-13(2)9-10-14(3)16(4)11-12-17(5)15-7-6-8-15/h9-10,15H,1,3,6-8,11-12H2,2,4-5H3/b10-9-. The van der Waals surface area contributed by atoms with Crippen LogP contribution in [0.1, 0.15) is 26.2 Å². The Hall–Kier alpha value is -1.02. The highest BCUT2D eigenvalue weighted by atomic mass is 15.2. The monoisotopic (exact) mass is 234 g/mol. The molecule has 0 bridgehead atoms. The molecular weight excluding hydrogens is 208 g/mol. The molecule has 2 heteroatoms. The molecule has 0 heterocycles. The number of hydrogen-bond donors (Lipinski definition) is 0. The zero-order valence-electron chi connectivity index (χ0n) is 11.6. The summed E-state index contributed by atoms with van der Waals surface area (Å²) in [6, 6.07) is 0.822. The van der Waals surface area contributed by atoms with Crippen molar-refractivity contribution in [3.63, 3.8) is 0 Å². The fourth-order valence-corrected chi connectivity index (χ4v) is 1.83. The van der Waals surface area contributed by atoms with Crippen LogP contribution in [0, 0.1) is 0 Å². The van der Waals surface area contributed by atoms with Gasteiger partial charge in [-0.1, -0.05) is 31.2 Å². The van der Waals surface area contributed by atoms with E-state index in [0.29, 0.717) is 0 Å². The lowest BCUT2D eigenvalue weighted by atomic mass is 9.92. The van der Waals surface area contributed by atoms with Crippen LogP contribution >= 0.6 is 0 Å². The smallest absolute Gasteiger partial charge is 0.0302 e. The van der Waals surface area contributed by atoms with Crippen LogP contribution in [0.4, 0.5) is 0 Å². The molecule has 0 aromatic heterocycles. The van der Waals surface area contributed by atoms with Gasteiger partial charge in [-0.2, -0.15) is 0 Å². The van der Waals surface area contributed by atoms with E-state index in [1.807, 2.05) is 19.1 Å². The first kappa shape index (κ1) is 14.0. The zero-order valence-corrected chi connectivity index (χ0v) is 11.6. The third-order valence-electron chi connectivity index (χ3n) is 3.54. The molecule has 1 aliphatic rings. The molecule has 1 saturated carbocycles. The molecule has 96 valence electrons. The molecule has 0 atom stereocenters. The first-order valence-electron chi connectivity index (χ1n) is 6.44. The SMILES string of the molecule is C=C(C)/C=C\C(=C)N(C)CCN(C)C1CCC1. The van der Waals surface area contributed by atoms with Crippen LogP contribution in [0.2, 0.25) is 0 Å². The van der Waals surface area contributed by atoms with Crippen molar-refractivity contribution < 1.29 is 0 Å². The highest BCUT2D eigenvalue weighted by molar-refractivity contribution is 5.21. The van der Waals surface area contributed by atoms with E-state index >= 15 is 0 Å². The fraction of sp³-hybridized carbons (Fsp3) is 0.600. The summed E-state index contributed by atoms with van der Waals surface area (Å²) in [5, 5.41) is 0. The molecule has 0 aromatic rings. The van der Waals surface area contributed by atoms with Crippen molar-refractivity contribution in [1.29, 1.82) is 0 Å². The largest absolute Gasteiger partial charge is 0.374 e. The van der Waals surface area contributed by atoms with Crippen molar-refractivity contribution in [2.75, 3.05) is 27.2 Å². The van der Waals surface area contributed by atoms with Crippen LogP contribution in [0.5, 0.6) is 0 Å². The Balaban J connectivity index is 2.25. The molecular formula is C15H26N2. The minimum absolute atomic E-state index is 0.822. The lowest BCUT2D eigenvalue weighted by Crippen LogP contribution is -2.40. The molecule has 0 amide bonds. The fourth-order valence-electron chi connectivity index (χ4n) is 1.83. The molecule has 0 unspecified atom stereocenters. The van der Waals surface area contributed by atoms with Gasteiger partial charge in [0.1, 0.15) is 0 Å². The Morgan fingerprint density at radius 3 is 2.29 bits per heavy atom. The summed E-state index contributed by atoms with van der Waals surface area (Å²) in [7, 11) is 4.32. The number of allylic oxidation sites excluding steroid dienone is 3. The van der Waals surface area contributed by atoms with Gasteiger partial charge in [0.25, 0.3) is 0 Å². The summed E-state index contributed by atoms with van der Waals surface area (Å²) < 4.78 is 0. The highest BCUT2D eigenvalue weighted by Crippen LogP contribution is 2.23. The van der Waals surface area contributed by atoms with Gasteiger partial charge in [-0.3, -0.25) is 0 Å². The maximum atomic E-state index is 4.06. The second-order valence-corrected chi connectivity index (χ2v) is 5.16. The van der Waals surface area contributed by atoms with Crippen molar-refractivity contribution in [3.8, 4) is 0 Å². The van der Waals surface area contributed by atoms with Crippen molar-refractivity contribution in [1.82, 2.24) is 9.80 Å². The van der Waals surface area contributed by atoms with Gasteiger partial charge < -0.3 is 9.80 Å². The van der Waals surface area contributed by atoms with Gasteiger partial charge in [-0.05, 0) is 32.9 Å². The van der Waals surface area contributed by atoms with Crippen molar-refractivity contribution >= 4 is 0 Å². The topological polar surface area (TPSA) is 6.48 Å². The van der Waals surface area contributed by atoms with E-state index in [9.17, 15) is 0 Å². The van der Waals surface area contributed by atoms with Crippen molar-refractivity contribution in [2.24, 2.45) is 0 Å². The predicted octanol–water partition coefficient (Wildman–Crippen LogP) is 3.05. The van der Waals surface area contributed by atoms with Crippen molar-refractivity contribution in [2.45, 2.75) is 32.2 Å². The Bertz CT molecular complexity index is 300. The molecule has 0 aromatic carbocycles. The molecule has 0 saturated heterocycles. The lowest BCUT2D eigenvalue weighted by Gasteiger charge is -2.35. The van der Waals surface area contributed by atoms with Crippen LogP contribution in [-0.4, -0.2) is 43.0 Å². The van der Waals surface area contributed by atoms with Gasteiger partial charge in [0.2, 0.25) is 0 Å². The minimum Gasteiger partial charge on any atom is -0.374 e. The maximum Gasteiger partial charge on any atom is 0.0302 e. The van der Waals surface area contributed by atoms with Crippen LogP contribution < -0.4 is 0 Å². The normalized spacial score (nSPS) is 16.2. The Labute approximate surface area is 106 Å². The lowest BCUT2D eigenvalue weighted by molar-refractivity contribution is 0.150. The second kappa shape index (κ2) is 6.65. The third kappa shape index (κ3) is 4.78. The molecule has 0 aliphatic heterocycles. The molecule has 1 aliphatic carbocycles. The summed E-state index contributed by atoms with van der Waals surface area (Å²) in [5.41, 5.74) is 2.11. The van der Waals surface area contributed by atoms with Crippen LogP contribution in [0.25, 0.3) is 0 Å². The average Bonchev–Trinajstić information content (AvgIpc) is 2.19. The Morgan fingerprint density at radius 2 is 1.82 bits per heavy atom. The first-order chi connectivity index (χ1) is 8.00. The van der Waals surface area contributed by atoms with Crippen molar-refractivity contribution in [3.05, 3.63) is 36.6 Å². The summed E-state index contributed by atoms with van der Waals surface area (Å²) in [4.78, 5) is 4.67. The van der Waals surface area contributed by atoms with Gasteiger partial charge in [-0.25, -0.2) is 0 Å². The van der Waals surface area contributed by atoms with E-state index in [4.69, 9.17) is 0 Å². The number of nitrogens with zero attached hydrogens (tertiary/aromatic N) is 2. The number of hydrogen-bond acceptors (Lipinski definition) is 2. The predicted molar refractivity (Wildman–Crippen MR) is 76.0 cm³/mol. The first-order valence-corrected chi connectivity index (χ1v) is 6.44. The van der Waals surface area contributed by atoms with E-state index in [1.54, 1.807) is 0 Å². The number of likely N-dealkylation sites (N-methyl/N-ethyl adjacent to an activating group) is 2. The minimum atomic E-state index is 0.822. The van der Waals surface area contributed by atoms with E-state index in [0.717, 1.165) is 30.4 Å². The molecule has 0 N–H and O–H groups in total. The summed E-state index contributed by atoms with van der Waals surface area (Å²) in [6.07, 6.45) is 8.19. The van der Waals surface area contributed by atoms with E-state index in [2.05, 4.69) is 37.1 Å². The summed E-state index contributed by atoms with van der Waals surface area (Å²) in [5.74, 6) is 0. The quantitative estimate of drug-likeness (QED) is 0.625. The average molecular weight is 234 g/mol. The van der Waals surface area contributed by atoms with E-state index in [-0.39, 0.29) is 0 Å². The zero-order chi connectivity index (χ0) is 12.8. The molecule has 17 heavy (non-hydrogen) atoms.